The molecule has 6 heteroatoms. The average molecular weight is 257 g/mol. The third-order valence-corrected chi connectivity index (χ3v) is 4.78. The highest BCUT2D eigenvalue weighted by atomic mass is 32.2. The first-order valence-electron chi connectivity index (χ1n) is 4.67. The topological polar surface area (TPSA) is 80.4 Å². The molecule has 0 fully saturated rings. The molecule has 2 aromatic rings. The predicted octanol–water partition coefficient (Wildman–Crippen LogP) is 1.08. The molecule has 1 aromatic carbocycles. The van der Waals surface area contributed by atoms with Crippen molar-refractivity contribution in [1.29, 1.82) is 0 Å². The normalized spacial score (nSPS) is 12.1. The van der Waals surface area contributed by atoms with E-state index >= 15 is 0 Å². The Morgan fingerprint density at radius 1 is 1.31 bits per heavy atom. The van der Waals surface area contributed by atoms with Crippen molar-refractivity contribution in [3.63, 3.8) is 0 Å². The number of hydrogen-bond donors (Lipinski definition) is 2. The molecule has 0 spiro atoms. The van der Waals surface area contributed by atoms with E-state index in [1.807, 2.05) is 18.2 Å². The van der Waals surface area contributed by atoms with E-state index in [1.165, 1.54) is 0 Å². The van der Waals surface area contributed by atoms with Gasteiger partial charge in [-0.25, -0.2) is 13.6 Å². The Bertz CT molecular complexity index is 616. The van der Waals surface area contributed by atoms with Crippen LogP contribution in [-0.2, 0) is 16.4 Å². The van der Waals surface area contributed by atoms with Gasteiger partial charge in [0.25, 0.3) is 0 Å². The van der Waals surface area contributed by atoms with Gasteiger partial charge in [-0.15, -0.1) is 11.3 Å². The van der Waals surface area contributed by atoms with E-state index < -0.39 is 10.0 Å². The first-order chi connectivity index (χ1) is 7.50. The molecule has 2 rings (SSSR count). The number of fused-ring (bicyclic) bond motifs is 1. The summed E-state index contributed by atoms with van der Waals surface area (Å²) >= 11 is 1.16. The first kappa shape index (κ1) is 11.5. The van der Waals surface area contributed by atoms with Gasteiger partial charge in [-0.2, -0.15) is 0 Å². The van der Waals surface area contributed by atoms with Gasteiger partial charge < -0.3 is 5.11 Å². The van der Waals surface area contributed by atoms with Gasteiger partial charge in [-0.1, -0.05) is 12.1 Å². The first-order valence-corrected chi connectivity index (χ1v) is 7.03. The second kappa shape index (κ2) is 4.14. The molecule has 0 aliphatic carbocycles. The summed E-state index contributed by atoms with van der Waals surface area (Å²) in [4.78, 5) is 0. The second-order valence-corrected chi connectivity index (χ2v) is 6.33. The minimum Gasteiger partial charge on any atom is -0.396 e. The molecular weight excluding hydrogens is 246 g/mol. The number of hydrogen-bond acceptors (Lipinski definition) is 4. The number of thiophene rings is 1. The Morgan fingerprint density at radius 2 is 2.06 bits per heavy atom. The van der Waals surface area contributed by atoms with Gasteiger partial charge in [0.2, 0.25) is 10.0 Å². The lowest BCUT2D eigenvalue weighted by molar-refractivity contribution is 0.299. The maximum absolute atomic E-state index is 11.2. The monoisotopic (exact) mass is 257 g/mol. The summed E-state index contributed by atoms with van der Waals surface area (Å²) in [6.45, 7) is 0.0810. The van der Waals surface area contributed by atoms with Gasteiger partial charge in [-0.3, -0.25) is 0 Å². The van der Waals surface area contributed by atoms with Crippen molar-refractivity contribution in [2.45, 2.75) is 10.6 Å². The minimum absolute atomic E-state index is 0.0810. The lowest BCUT2D eigenvalue weighted by atomic mass is 10.1. The fraction of sp³-hybridized carbons (Fsp3) is 0.200. The van der Waals surface area contributed by atoms with Crippen LogP contribution >= 0.6 is 11.3 Å². The second-order valence-electron chi connectivity index (χ2n) is 3.46. The van der Waals surface area contributed by atoms with Gasteiger partial charge in [0.1, 0.15) is 4.21 Å². The lowest BCUT2D eigenvalue weighted by Gasteiger charge is -1.96. The van der Waals surface area contributed by atoms with Crippen LogP contribution in [-0.4, -0.2) is 20.1 Å². The van der Waals surface area contributed by atoms with Crippen LogP contribution in [0, 0.1) is 0 Å². The van der Waals surface area contributed by atoms with Crippen LogP contribution in [0.5, 0.6) is 0 Å². The molecular formula is C10H11NO3S2. The fourth-order valence-electron chi connectivity index (χ4n) is 1.49. The van der Waals surface area contributed by atoms with Crippen LogP contribution in [0.3, 0.4) is 0 Å². The molecule has 0 atom stereocenters. The molecule has 0 bridgehead atoms. The van der Waals surface area contributed by atoms with E-state index in [0.717, 1.165) is 27.0 Å². The Hall–Kier alpha value is -0.950. The third kappa shape index (κ3) is 2.25. The number of sulfonamides is 1. The van der Waals surface area contributed by atoms with Crippen molar-refractivity contribution < 1.29 is 13.5 Å². The molecule has 0 aliphatic rings. The van der Waals surface area contributed by atoms with Crippen LogP contribution in [0.15, 0.2) is 28.5 Å². The highest BCUT2D eigenvalue weighted by Crippen LogP contribution is 2.28. The maximum atomic E-state index is 11.2. The van der Waals surface area contributed by atoms with Crippen LogP contribution in [0.4, 0.5) is 0 Å². The van der Waals surface area contributed by atoms with Crippen molar-refractivity contribution in [3.05, 3.63) is 29.8 Å². The summed E-state index contributed by atoms with van der Waals surface area (Å²) in [5.74, 6) is 0. The largest absolute Gasteiger partial charge is 0.396 e. The average Bonchev–Trinajstić information content (AvgIpc) is 2.60. The smallest absolute Gasteiger partial charge is 0.247 e. The molecule has 0 unspecified atom stereocenters. The third-order valence-electron chi connectivity index (χ3n) is 2.24. The minimum atomic E-state index is -3.62. The zero-order chi connectivity index (χ0) is 11.8. The molecule has 0 aliphatic heterocycles. The zero-order valence-electron chi connectivity index (χ0n) is 8.38. The Labute approximate surface area is 97.4 Å². The summed E-state index contributed by atoms with van der Waals surface area (Å²) in [6.07, 6.45) is 0.566. The molecule has 16 heavy (non-hydrogen) atoms. The van der Waals surface area contributed by atoms with Crippen molar-refractivity contribution >= 4 is 31.4 Å². The van der Waals surface area contributed by atoms with Crippen LogP contribution in [0.1, 0.15) is 5.56 Å². The van der Waals surface area contributed by atoms with Crippen molar-refractivity contribution in [1.82, 2.24) is 0 Å². The number of aliphatic hydroxyl groups excluding tert-OH is 1. The van der Waals surface area contributed by atoms with Crippen LogP contribution in [0.2, 0.25) is 0 Å². The van der Waals surface area contributed by atoms with E-state index in [9.17, 15) is 8.42 Å². The van der Waals surface area contributed by atoms with Gasteiger partial charge >= 0.3 is 0 Å². The van der Waals surface area contributed by atoms with E-state index in [4.69, 9.17) is 10.2 Å². The molecule has 0 amide bonds. The molecule has 0 saturated carbocycles. The Balaban J connectivity index is 2.54. The van der Waals surface area contributed by atoms with Gasteiger partial charge in [0.05, 0.1) is 0 Å². The summed E-state index contributed by atoms with van der Waals surface area (Å²) < 4.78 is 23.4. The molecule has 86 valence electrons. The Kier molecular flexibility index (Phi) is 2.98. The van der Waals surface area contributed by atoms with Crippen molar-refractivity contribution in [2.75, 3.05) is 6.61 Å². The summed E-state index contributed by atoms with van der Waals surface area (Å²) in [5, 5.41) is 14.7. The van der Waals surface area contributed by atoms with Crippen LogP contribution < -0.4 is 5.14 Å². The quantitative estimate of drug-likeness (QED) is 0.863. The van der Waals surface area contributed by atoms with Gasteiger partial charge in [0.15, 0.2) is 0 Å². The molecule has 3 N–H and O–H groups in total. The molecule has 0 radical (unpaired) electrons. The number of aliphatic hydroxyl groups is 1. The predicted molar refractivity (Wildman–Crippen MR) is 64.0 cm³/mol. The van der Waals surface area contributed by atoms with E-state index in [1.54, 1.807) is 6.07 Å². The van der Waals surface area contributed by atoms with Gasteiger partial charge in [-0.05, 0) is 29.5 Å². The van der Waals surface area contributed by atoms with Crippen molar-refractivity contribution in [2.24, 2.45) is 5.14 Å². The summed E-state index contributed by atoms with van der Waals surface area (Å²) in [5.41, 5.74) is 0.980. The number of benzene rings is 1. The Morgan fingerprint density at radius 3 is 2.69 bits per heavy atom. The fourth-order valence-corrected chi connectivity index (χ4v) is 3.29. The number of rotatable bonds is 3. The molecule has 0 saturated heterocycles. The zero-order valence-corrected chi connectivity index (χ0v) is 10.0. The standard InChI is InChI=1S/C10H11NO3S2/c11-16(13,14)10-6-8-5-7(3-4-12)1-2-9(8)15-10/h1-2,5-6,12H,3-4H2,(H2,11,13,14). The summed E-state index contributed by atoms with van der Waals surface area (Å²) in [6, 6.07) is 7.16. The van der Waals surface area contributed by atoms with E-state index in [2.05, 4.69) is 0 Å². The highest BCUT2D eigenvalue weighted by molar-refractivity contribution is 7.91. The number of nitrogens with two attached hydrogens (primary N) is 1. The van der Waals surface area contributed by atoms with Crippen molar-refractivity contribution in [3.8, 4) is 0 Å². The van der Waals surface area contributed by atoms with E-state index in [0.29, 0.717) is 6.42 Å². The molecule has 4 nitrogen and oxygen atoms in total. The molecule has 1 aromatic heterocycles. The van der Waals surface area contributed by atoms with Gasteiger partial charge in [0, 0.05) is 11.3 Å². The summed E-state index contributed by atoms with van der Waals surface area (Å²) in [7, 11) is -3.62. The van der Waals surface area contributed by atoms with Crippen LogP contribution in [0.25, 0.3) is 10.1 Å². The number of primary sulfonamides is 1. The van der Waals surface area contributed by atoms with E-state index in [-0.39, 0.29) is 10.8 Å². The molecule has 1 heterocycles. The lowest BCUT2D eigenvalue weighted by Crippen LogP contribution is -2.09. The maximum Gasteiger partial charge on any atom is 0.247 e. The highest BCUT2D eigenvalue weighted by Gasteiger charge is 2.12. The SMILES string of the molecule is NS(=O)(=O)c1cc2cc(CCO)ccc2s1.